The smallest absolute Gasteiger partial charge is 0.164 e. The molecule has 1 aromatic rings. The van der Waals surface area contributed by atoms with Crippen LogP contribution in [0.4, 0.5) is 0 Å². The maximum Gasteiger partial charge on any atom is 0.164 e. The number of rotatable bonds is 3. The van der Waals surface area contributed by atoms with Gasteiger partial charge >= 0.3 is 0 Å². The second kappa shape index (κ2) is 4.52. The van der Waals surface area contributed by atoms with E-state index in [1.165, 1.54) is 0 Å². The molecule has 0 spiro atoms. The van der Waals surface area contributed by atoms with Crippen molar-refractivity contribution in [2.24, 2.45) is 7.05 Å². The van der Waals surface area contributed by atoms with Crippen LogP contribution in [0.3, 0.4) is 0 Å². The van der Waals surface area contributed by atoms with E-state index in [-0.39, 0.29) is 0 Å². The highest BCUT2D eigenvalue weighted by Gasteiger charge is 2.13. The van der Waals surface area contributed by atoms with Crippen molar-refractivity contribution >= 4 is 0 Å². The van der Waals surface area contributed by atoms with Gasteiger partial charge in [0.25, 0.3) is 0 Å². The van der Waals surface area contributed by atoms with Crippen LogP contribution in [0.5, 0.6) is 0 Å². The number of hydrogen-bond acceptors (Lipinski definition) is 4. The summed E-state index contributed by atoms with van der Waals surface area (Å²) in [4.78, 5) is 4.16. The Balaban J connectivity index is 1.76. The van der Waals surface area contributed by atoms with Crippen LogP contribution in [0.2, 0.25) is 0 Å². The molecule has 1 aliphatic rings. The van der Waals surface area contributed by atoms with Crippen molar-refractivity contribution in [1.29, 1.82) is 0 Å². The van der Waals surface area contributed by atoms with Crippen LogP contribution in [0.1, 0.15) is 18.7 Å². The summed E-state index contributed by atoms with van der Waals surface area (Å²) < 4.78 is 7.00. The summed E-state index contributed by atoms with van der Waals surface area (Å²) in [5.74, 6) is 0.860. The molecule has 0 amide bonds. The standard InChI is InChI=1S/C9H16N4O/c1-13-7-11-9(12-13)6-10-8-2-4-14-5-3-8/h7-8,10H,2-6H2,1H3. The summed E-state index contributed by atoms with van der Waals surface area (Å²) in [7, 11) is 1.88. The van der Waals surface area contributed by atoms with Gasteiger partial charge in [-0.1, -0.05) is 0 Å². The van der Waals surface area contributed by atoms with Gasteiger partial charge in [0, 0.05) is 26.3 Å². The highest BCUT2D eigenvalue weighted by Crippen LogP contribution is 2.06. The third kappa shape index (κ3) is 2.52. The number of nitrogens with one attached hydrogen (secondary N) is 1. The molecular formula is C9H16N4O. The van der Waals surface area contributed by atoms with Crippen LogP contribution in [0.15, 0.2) is 6.33 Å². The van der Waals surface area contributed by atoms with E-state index in [4.69, 9.17) is 4.74 Å². The lowest BCUT2D eigenvalue weighted by Crippen LogP contribution is -2.34. The van der Waals surface area contributed by atoms with Crippen LogP contribution in [0.25, 0.3) is 0 Å². The van der Waals surface area contributed by atoms with Gasteiger partial charge in [-0.15, -0.1) is 0 Å². The number of aromatic nitrogens is 3. The quantitative estimate of drug-likeness (QED) is 0.744. The summed E-state index contributed by atoms with van der Waals surface area (Å²) in [5, 5.41) is 7.64. The second-order valence-electron chi connectivity index (χ2n) is 3.60. The van der Waals surface area contributed by atoms with Crippen LogP contribution in [0, 0.1) is 0 Å². The molecule has 5 nitrogen and oxygen atoms in total. The first-order valence-electron chi connectivity index (χ1n) is 5.00. The fourth-order valence-electron chi connectivity index (χ4n) is 1.60. The van der Waals surface area contributed by atoms with Crippen LogP contribution in [-0.4, -0.2) is 34.0 Å². The fourth-order valence-corrected chi connectivity index (χ4v) is 1.60. The van der Waals surface area contributed by atoms with Crippen molar-refractivity contribution < 1.29 is 4.74 Å². The Bertz CT molecular complexity index is 280. The molecule has 2 rings (SSSR count). The number of nitrogens with zero attached hydrogens (tertiary/aromatic N) is 3. The SMILES string of the molecule is Cn1cnc(CNC2CCOCC2)n1. The van der Waals surface area contributed by atoms with E-state index < -0.39 is 0 Å². The van der Waals surface area contributed by atoms with Gasteiger partial charge in [0.05, 0.1) is 6.54 Å². The van der Waals surface area contributed by atoms with Gasteiger partial charge in [0.15, 0.2) is 5.82 Å². The summed E-state index contributed by atoms with van der Waals surface area (Å²) >= 11 is 0. The molecular weight excluding hydrogens is 180 g/mol. The average Bonchev–Trinajstić information content (AvgIpc) is 2.63. The Kier molecular flexibility index (Phi) is 3.10. The van der Waals surface area contributed by atoms with Gasteiger partial charge in [-0.25, -0.2) is 4.98 Å². The van der Waals surface area contributed by atoms with Crippen LogP contribution >= 0.6 is 0 Å². The van der Waals surface area contributed by atoms with Crippen molar-refractivity contribution in [3.05, 3.63) is 12.2 Å². The monoisotopic (exact) mass is 196 g/mol. The molecule has 2 heterocycles. The molecule has 1 aromatic heterocycles. The van der Waals surface area contributed by atoms with E-state index >= 15 is 0 Å². The zero-order chi connectivity index (χ0) is 9.80. The lowest BCUT2D eigenvalue weighted by molar-refractivity contribution is 0.0774. The molecule has 1 N–H and O–H groups in total. The number of ether oxygens (including phenoxy) is 1. The van der Waals surface area contributed by atoms with E-state index in [2.05, 4.69) is 15.4 Å². The molecule has 0 aromatic carbocycles. The zero-order valence-electron chi connectivity index (χ0n) is 8.44. The average molecular weight is 196 g/mol. The highest BCUT2D eigenvalue weighted by molar-refractivity contribution is 4.82. The minimum absolute atomic E-state index is 0.563. The normalized spacial score (nSPS) is 18.6. The minimum Gasteiger partial charge on any atom is -0.381 e. The lowest BCUT2D eigenvalue weighted by atomic mass is 10.1. The molecule has 0 bridgehead atoms. The van der Waals surface area contributed by atoms with Crippen molar-refractivity contribution in [1.82, 2.24) is 20.1 Å². The molecule has 0 aliphatic carbocycles. The van der Waals surface area contributed by atoms with Gasteiger partial charge in [-0.05, 0) is 12.8 Å². The van der Waals surface area contributed by atoms with E-state index in [1.54, 1.807) is 11.0 Å². The van der Waals surface area contributed by atoms with Crippen molar-refractivity contribution in [3.8, 4) is 0 Å². The molecule has 1 fully saturated rings. The lowest BCUT2D eigenvalue weighted by Gasteiger charge is -2.22. The first kappa shape index (κ1) is 9.61. The summed E-state index contributed by atoms with van der Waals surface area (Å²) in [6.07, 6.45) is 3.90. The van der Waals surface area contributed by atoms with Crippen molar-refractivity contribution in [2.75, 3.05) is 13.2 Å². The topological polar surface area (TPSA) is 52.0 Å². The molecule has 0 saturated carbocycles. The Morgan fingerprint density at radius 1 is 1.57 bits per heavy atom. The maximum absolute atomic E-state index is 5.28. The molecule has 0 unspecified atom stereocenters. The second-order valence-corrected chi connectivity index (χ2v) is 3.60. The Morgan fingerprint density at radius 3 is 3.00 bits per heavy atom. The summed E-state index contributed by atoms with van der Waals surface area (Å²) in [5.41, 5.74) is 0. The van der Waals surface area contributed by atoms with Gasteiger partial charge in [0.2, 0.25) is 0 Å². The predicted octanol–water partition coefficient (Wildman–Crippen LogP) is 0.0837. The molecule has 0 atom stereocenters. The maximum atomic E-state index is 5.28. The predicted molar refractivity (Wildman–Crippen MR) is 51.7 cm³/mol. The summed E-state index contributed by atoms with van der Waals surface area (Å²) in [6.45, 7) is 2.49. The molecule has 0 radical (unpaired) electrons. The van der Waals surface area contributed by atoms with E-state index in [0.29, 0.717) is 6.04 Å². The summed E-state index contributed by atoms with van der Waals surface area (Å²) in [6, 6.07) is 0.563. The minimum atomic E-state index is 0.563. The number of hydrogen-bond donors (Lipinski definition) is 1. The van der Waals surface area contributed by atoms with Crippen molar-refractivity contribution in [2.45, 2.75) is 25.4 Å². The van der Waals surface area contributed by atoms with E-state index in [9.17, 15) is 0 Å². The third-order valence-corrected chi connectivity index (χ3v) is 2.42. The molecule has 1 aliphatic heterocycles. The van der Waals surface area contributed by atoms with E-state index in [0.717, 1.165) is 38.4 Å². The van der Waals surface area contributed by atoms with Crippen LogP contribution < -0.4 is 5.32 Å². The van der Waals surface area contributed by atoms with E-state index in [1.807, 2.05) is 7.05 Å². The largest absolute Gasteiger partial charge is 0.381 e. The highest BCUT2D eigenvalue weighted by atomic mass is 16.5. The Morgan fingerprint density at radius 2 is 2.36 bits per heavy atom. The van der Waals surface area contributed by atoms with Crippen LogP contribution in [-0.2, 0) is 18.3 Å². The number of aryl methyl sites for hydroxylation is 1. The fraction of sp³-hybridized carbons (Fsp3) is 0.778. The van der Waals surface area contributed by atoms with Gasteiger partial charge in [-0.3, -0.25) is 4.68 Å². The Hall–Kier alpha value is -0.940. The van der Waals surface area contributed by atoms with Gasteiger partial charge in [0.1, 0.15) is 6.33 Å². The first-order valence-corrected chi connectivity index (χ1v) is 5.00. The molecule has 14 heavy (non-hydrogen) atoms. The van der Waals surface area contributed by atoms with Gasteiger partial charge in [-0.2, -0.15) is 5.10 Å². The third-order valence-electron chi connectivity index (χ3n) is 2.42. The molecule has 78 valence electrons. The van der Waals surface area contributed by atoms with Gasteiger partial charge < -0.3 is 10.1 Å². The van der Waals surface area contributed by atoms with Crippen molar-refractivity contribution in [3.63, 3.8) is 0 Å². The first-order chi connectivity index (χ1) is 6.84. The Labute approximate surface area is 83.5 Å². The molecule has 1 saturated heterocycles. The zero-order valence-corrected chi connectivity index (χ0v) is 8.44. The molecule has 5 heteroatoms.